The molecule has 1 N–H and O–H groups in total. The maximum Gasteiger partial charge on any atom is 0.329 e. The van der Waals surface area contributed by atoms with Crippen LogP contribution in [0, 0.1) is 0 Å². The van der Waals surface area contributed by atoms with Crippen LogP contribution < -0.4 is 0 Å². The van der Waals surface area contributed by atoms with Crippen LogP contribution >= 0.6 is 12.6 Å². The third-order valence-corrected chi connectivity index (χ3v) is 1.59. The predicted octanol–water partition coefficient (Wildman–Crippen LogP) is -0.178. The summed E-state index contributed by atoms with van der Waals surface area (Å²) in [4.78, 5) is 10.2. The largest absolute Gasteiger partial charge is 0.480 e. The van der Waals surface area contributed by atoms with Crippen LogP contribution in [-0.4, -0.2) is 31.3 Å². The molecule has 7 heteroatoms. The summed E-state index contributed by atoms with van der Waals surface area (Å²) in [7, 11) is -2.66. The van der Waals surface area contributed by atoms with Crippen molar-refractivity contribution in [2.75, 3.05) is 5.75 Å². The predicted molar refractivity (Wildman–Crippen MR) is 41.2 cm³/mol. The zero-order valence-corrected chi connectivity index (χ0v) is 7.18. The van der Waals surface area contributed by atoms with Crippen molar-refractivity contribution in [1.29, 1.82) is 0 Å². The Bertz CT molecular complexity index is 249. The lowest BCUT2D eigenvalue weighted by molar-refractivity contribution is -0.138. The van der Waals surface area contributed by atoms with Crippen LogP contribution in [0.2, 0.25) is 0 Å². The minimum Gasteiger partial charge on any atom is -0.480 e. The molecule has 1 unspecified atom stereocenters. The number of nitrogens with zero attached hydrogens (tertiary/aromatic N) is 1. The zero-order chi connectivity index (χ0) is 8.85. The van der Waals surface area contributed by atoms with Crippen LogP contribution in [0.25, 0.3) is 0 Å². The van der Waals surface area contributed by atoms with Crippen LogP contribution in [-0.2, 0) is 15.3 Å². The number of aliphatic carboxylic acids is 1. The number of hydrogen-bond acceptors (Lipinski definition) is 5. The summed E-state index contributed by atoms with van der Waals surface area (Å²) in [6, 6.07) is -1.19. The zero-order valence-electron chi connectivity index (χ0n) is 5.47. The molecule has 64 valence electrons. The van der Waals surface area contributed by atoms with E-state index in [1.54, 1.807) is 0 Å². The van der Waals surface area contributed by atoms with Gasteiger partial charge < -0.3 is 5.11 Å². The summed E-state index contributed by atoms with van der Waals surface area (Å²) in [6.45, 7) is 0. The molecule has 0 rings (SSSR count). The third kappa shape index (κ3) is 4.79. The molecule has 0 aromatic carbocycles. The fraction of sp³-hybridized carbons (Fsp3) is 0.750. The van der Waals surface area contributed by atoms with E-state index in [4.69, 9.17) is 5.11 Å². The lowest BCUT2D eigenvalue weighted by Crippen LogP contribution is -2.17. The van der Waals surface area contributed by atoms with Gasteiger partial charge in [0.05, 0.1) is 0 Å². The topological polar surface area (TPSA) is 83.8 Å². The number of thiol groups is 1. The van der Waals surface area contributed by atoms with Gasteiger partial charge in [0, 0.05) is 0 Å². The molecular weight excluding hydrogens is 190 g/mol. The molecule has 0 heterocycles. The first-order valence-corrected chi connectivity index (χ1v) is 4.38. The van der Waals surface area contributed by atoms with E-state index in [-0.39, 0.29) is 12.2 Å². The van der Waals surface area contributed by atoms with Crippen LogP contribution in [0.1, 0.15) is 6.42 Å². The Labute approximate surface area is 70.5 Å². The normalized spacial score (nSPS) is 12.1. The van der Waals surface area contributed by atoms with Crippen LogP contribution in [0.4, 0.5) is 0 Å². The van der Waals surface area contributed by atoms with Crippen molar-refractivity contribution in [3.8, 4) is 0 Å². The van der Waals surface area contributed by atoms with Gasteiger partial charge in [-0.05, 0) is 12.2 Å². The van der Waals surface area contributed by atoms with Gasteiger partial charge in [0.25, 0.3) is 0 Å². The van der Waals surface area contributed by atoms with E-state index in [0.717, 1.165) is 0 Å². The molecule has 0 saturated carbocycles. The standard InChI is InChI=1S/C4H7NO4S2/c6-4(7)3(1-2-10)5-11(8)9/h3,10H,1-2H2,(H,6,7). The lowest BCUT2D eigenvalue weighted by atomic mass is 10.2. The summed E-state index contributed by atoms with van der Waals surface area (Å²) < 4.78 is 22.8. The van der Waals surface area contributed by atoms with Crippen molar-refractivity contribution in [3.63, 3.8) is 0 Å². The molecule has 11 heavy (non-hydrogen) atoms. The maximum atomic E-state index is 10.2. The molecule has 0 aliphatic rings. The molecule has 0 amide bonds. The fourth-order valence-corrected chi connectivity index (χ4v) is 1.10. The monoisotopic (exact) mass is 197 g/mol. The highest BCUT2D eigenvalue weighted by atomic mass is 32.2. The minimum absolute atomic E-state index is 0.117. The van der Waals surface area contributed by atoms with Gasteiger partial charge in [-0.3, -0.25) is 0 Å². The number of carboxylic acids is 1. The Hall–Kier alpha value is -0.560. The average Bonchev–Trinajstić information content (AvgIpc) is 1.86. The number of hydrogen-bond donors (Lipinski definition) is 2. The number of carboxylic acid groups (broad SMARTS) is 1. The van der Waals surface area contributed by atoms with Crippen LogP contribution in [0.3, 0.4) is 0 Å². The smallest absolute Gasteiger partial charge is 0.329 e. The minimum atomic E-state index is -2.66. The van der Waals surface area contributed by atoms with Gasteiger partial charge in [-0.1, -0.05) is 0 Å². The lowest BCUT2D eigenvalue weighted by Gasteiger charge is -1.99. The second kappa shape index (κ2) is 5.14. The maximum absolute atomic E-state index is 10.2. The summed E-state index contributed by atoms with van der Waals surface area (Å²) in [5, 5.41) is 8.35. The highest BCUT2D eigenvalue weighted by Gasteiger charge is 2.14. The van der Waals surface area contributed by atoms with E-state index < -0.39 is 22.5 Å². The summed E-state index contributed by atoms with van der Waals surface area (Å²) >= 11 is 3.75. The number of carbonyl (C=O) groups is 1. The number of rotatable bonds is 4. The highest BCUT2D eigenvalue weighted by molar-refractivity contribution is 7.80. The van der Waals surface area contributed by atoms with E-state index in [1.807, 2.05) is 0 Å². The van der Waals surface area contributed by atoms with Crippen molar-refractivity contribution in [2.24, 2.45) is 4.36 Å². The van der Waals surface area contributed by atoms with E-state index in [0.29, 0.717) is 0 Å². The van der Waals surface area contributed by atoms with Gasteiger partial charge >= 0.3 is 16.5 Å². The second-order valence-corrected chi connectivity index (χ2v) is 2.78. The molecule has 0 aromatic heterocycles. The average molecular weight is 197 g/mol. The van der Waals surface area contributed by atoms with E-state index in [2.05, 4.69) is 17.0 Å². The van der Waals surface area contributed by atoms with Crippen molar-refractivity contribution in [2.45, 2.75) is 12.5 Å². The summed E-state index contributed by atoms with van der Waals surface area (Å²) in [5.41, 5.74) is 0. The molecule has 0 aliphatic heterocycles. The van der Waals surface area contributed by atoms with Gasteiger partial charge in [-0.2, -0.15) is 25.4 Å². The first-order chi connectivity index (χ1) is 5.07. The molecule has 0 aromatic rings. The SMILES string of the molecule is O=C(O)C(CCS)N=S(=O)=O. The van der Waals surface area contributed by atoms with Crippen LogP contribution in [0.15, 0.2) is 4.36 Å². The summed E-state index contributed by atoms with van der Waals surface area (Å²) in [5.74, 6) is -0.958. The van der Waals surface area contributed by atoms with Gasteiger partial charge in [0.1, 0.15) is 0 Å². The molecule has 0 fully saturated rings. The third-order valence-electron chi connectivity index (χ3n) is 0.901. The molecule has 1 atom stereocenters. The molecule has 0 spiro atoms. The van der Waals surface area contributed by atoms with Gasteiger partial charge in [0.2, 0.25) is 0 Å². The molecular formula is C4H7NO4S2. The first-order valence-electron chi connectivity index (χ1n) is 2.71. The van der Waals surface area contributed by atoms with Crippen LogP contribution in [0.5, 0.6) is 0 Å². The Kier molecular flexibility index (Phi) is 4.88. The van der Waals surface area contributed by atoms with Crippen molar-refractivity contribution in [1.82, 2.24) is 0 Å². The Morgan fingerprint density at radius 2 is 2.18 bits per heavy atom. The molecule has 0 aliphatic carbocycles. The Balaban J connectivity index is 4.35. The second-order valence-electron chi connectivity index (χ2n) is 1.69. The molecule has 0 saturated heterocycles. The molecule has 5 nitrogen and oxygen atoms in total. The van der Waals surface area contributed by atoms with Gasteiger partial charge in [-0.15, -0.1) is 0 Å². The van der Waals surface area contributed by atoms with Crippen molar-refractivity contribution >= 4 is 29.1 Å². The van der Waals surface area contributed by atoms with Gasteiger partial charge in [0.15, 0.2) is 6.04 Å². The van der Waals surface area contributed by atoms with E-state index >= 15 is 0 Å². The van der Waals surface area contributed by atoms with E-state index in [9.17, 15) is 13.2 Å². The fourth-order valence-electron chi connectivity index (χ4n) is 0.447. The quantitative estimate of drug-likeness (QED) is 0.612. The van der Waals surface area contributed by atoms with E-state index in [1.165, 1.54) is 0 Å². The highest BCUT2D eigenvalue weighted by Crippen LogP contribution is 1.99. The van der Waals surface area contributed by atoms with Crippen molar-refractivity contribution in [3.05, 3.63) is 0 Å². The van der Waals surface area contributed by atoms with Crippen molar-refractivity contribution < 1.29 is 18.3 Å². The van der Waals surface area contributed by atoms with Gasteiger partial charge in [-0.25, -0.2) is 4.79 Å². The summed E-state index contributed by atoms with van der Waals surface area (Å²) in [6.07, 6.45) is 0.117. The molecule has 0 radical (unpaired) electrons. The molecule has 0 bridgehead atoms. The Morgan fingerprint density at radius 3 is 2.45 bits per heavy atom. The first kappa shape index (κ1) is 10.4. The Morgan fingerprint density at radius 1 is 1.64 bits per heavy atom.